The Balaban J connectivity index is 1.83. The van der Waals surface area contributed by atoms with Crippen molar-refractivity contribution < 1.29 is 73.8 Å². The van der Waals surface area contributed by atoms with E-state index in [0.29, 0.717) is 12.8 Å². The second kappa shape index (κ2) is 38.6. The van der Waals surface area contributed by atoms with Gasteiger partial charge in [0, 0.05) is 12.8 Å². The average Bonchev–Trinajstić information content (AvgIpc) is 3.31. The molecule has 2 aliphatic heterocycles. The van der Waals surface area contributed by atoms with Crippen LogP contribution >= 0.6 is 0 Å². The van der Waals surface area contributed by atoms with Crippen LogP contribution in [0.5, 0.6) is 0 Å². The number of carbonyl (C=O) groups is 2. The smallest absolute Gasteiger partial charge is 0.306 e. The van der Waals surface area contributed by atoms with Crippen molar-refractivity contribution in [2.45, 2.75) is 255 Å². The normalized spacial score (nSPS) is 26.0. The Morgan fingerprint density at radius 3 is 1.50 bits per heavy atom. The fraction of sp³-hybridized carbons (Fsp3) is 0.863. The topological polar surface area (TPSA) is 231 Å². The van der Waals surface area contributed by atoms with Crippen molar-refractivity contribution >= 4 is 11.9 Å². The van der Waals surface area contributed by atoms with E-state index < -0.39 is 99.3 Å². The van der Waals surface area contributed by atoms with Crippen LogP contribution in [0.25, 0.3) is 0 Å². The highest BCUT2D eigenvalue weighted by molar-refractivity contribution is 5.70. The van der Waals surface area contributed by atoms with E-state index >= 15 is 0 Å². The van der Waals surface area contributed by atoms with E-state index in [4.69, 9.17) is 28.4 Å². The minimum atomic E-state index is -1.77. The van der Waals surface area contributed by atoms with Crippen LogP contribution < -0.4 is 0 Å². The number of hydrogen-bond donors (Lipinski definition) is 7. The number of hydrogen-bond acceptors (Lipinski definition) is 15. The van der Waals surface area contributed by atoms with E-state index in [0.717, 1.165) is 64.2 Å². The van der Waals surface area contributed by atoms with Crippen molar-refractivity contribution in [3.63, 3.8) is 0 Å². The molecular weight excluding hydrogens is 853 g/mol. The summed E-state index contributed by atoms with van der Waals surface area (Å²) in [5.74, 6) is -0.962. The highest BCUT2D eigenvalue weighted by atomic mass is 16.7. The molecule has 2 aliphatic rings. The lowest BCUT2D eigenvalue weighted by Gasteiger charge is -2.42. The maximum absolute atomic E-state index is 13.0. The zero-order valence-electron chi connectivity index (χ0n) is 40.5. The van der Waals surface area contributed by atoms with Gasteiger partial charge >= 0.3 is 11.9 Å². The molecule has 2 heterocycles. The van der Waals surface area contributed by atoms with Crippen molar-refractivity contribution in [2.75, 3.05) is 26.4 Å². The molecule has 15 heteroatoms. The van der Waals surface area contributed by atoms with Gasteiger partial charge in [0.15, 0.2) is 18.7 Å². The molecule has 0 amide bonds. The zero-order valence-corrected chi connectivity index (χ0v) is 40.5. The maximum Gasteiger partial charge on any atom is 0.306 e. The average molecular weight is 943 g/mol. The molecule has 0 radical (unpaired) electrons. The first-order valence-corrected chi connectivity index (χ1v) is 25.7. The number of aliphatic hydroxyl groups is 7. The van der Waals surface area contributed by atoms with Gasteiger partial charge in [-0.1, -0.05) is 122 Å². The van der Waals surface area contributed by atoms with Crippen molar-refractivity contribution in [3.05, 3.63) is 30.0 Å². The Morgan fingerprint density at radius 1 is 0.515 bits per heavy atom. The van der Waals surface area contributed by atoms with Crippen LogP contribution in [-0.2, 0) is 38.0 Å². The summed E-state index contributed by atoms with van der Waals surface area (Å²) in [5, 5.41) is 72.0. The second-order valence-electron chi connectivity index (χ2n) is 18.1. The molecule has 0 saturated carbocycles. The molecule has 2 rings (SSSR count). The van der Waals surface area contributed by atoms with Crippen LogP contribution in [-0.4, -0.2) is 142 Å². The molecule has 0 spiro atoms. The molecule has 0 bridgehead atoms. The minimum absolute atomic E-state index is 0.143. The van der Waals surface area contributed by atoms with E-state index in [1.165, 1.54) is 83.5 Å². The molecule has 2 saturated heterocycles. The molecule has 4 unspecified atom stereocenters. The maximum atomic E-state index is 13.0. The van der Waals surface area contributed by atoms with Gasteiger partial charge in [0.2, 0.25) is 0 Å². The summed E-state index contributed by atoms with van der Waals surface area (Å²) in [6.07, 6.45) is 19.9. The van der Waals surface area contributed by atoms with E-state index in [-0.39, 0.29) is 19.4 Å². The van der Waals surface area contributed by atoms with E-state index in [1.54, 1.807) is 0 Å². The molecule has 0 aromatic heterocycles. The van der Waals surface area contributed by atoms with Crippen molar-refractivity contribution in [3.8, 4) is 0 Å². The first kappa shape index (κ1) is 59.9. The van der Waals surface area contributed by atoms with Gasteiger partial charge in [-0.25, -0.2) is 0 Å². The fourth-order valence-electron chi connectivity index (χ4n) is 7.89. The molecule has 2 fully saturated rings. The van der Waals surface area contributed by atoms with Gasteiger partial charge < -0.3 is 64.2 Å². The zero-order chi connectivity index (χ0) is 48.2. The SMILES string of the molecule is CCCCCCCC=C=CCCCCCCCC(=O)O[C@H](COC(=O)CCCCC/C=C/CCCCCCCCCC)CO[C@@H]1O[C@H](CO[C@@H]2O[C@H](CO)[C@H](O)C(O)C2O)[C@H](O)C(O)C1O. The highest BCUT2D eigenvalue weighted by Gasteiger charge is 2.47. The van der Waals surface area contributed by atoms with Gasteiger partial charge in [-0.05, 0) is 76.4 Å². The molecule has 0 aliphatic carbocycles. The predicted molar refractivity (Wildman–Crippen MR) is 251 cm³/mol. The highest BCUT2D eigenvalue weighted by Crippen LogP contribution is 2.26. The number of allylic oxidation sites excluding steroid dienone is 3. The summed E-state index contributed by atoms with van der Waals surface area (Å²) in [6, 6.07) is 0. The first-order valence-electron chi connectivity index (χ1n) is 25.7. The third kappa shape index (κ3) is 26.5. The van der Waals surface area contributed by atoms with Gasteiger partial charge in [0.25, 0.3) is 0 Å². The van der Waals surface area contributed by atoms with Crippen LogP contribution in [0.2, 0.25) is 0 Å². The van der Waals surface area contributed by atoms with Crippen molar-refractivity contribution in [1.82, 2.24) is 0 Å². The number of unbranched alkanes of at least 4 members (excludes halogenated alkanes) is 21. The molecule has 15 nitrogen and oxygen atoms in total. The fourth-order valence-corrected chi connectivity index (χ4v) is 7.89. The Kier molecular flexibility index (Phi) is 35.0. The lowest BCUT2D eigenvalue weighted by molar-refractivity contribution is -0.332. The van der Waals surface area contributed by atoms with Crippen LogP contribution in [0.3, 0.4) is 0 Å². The molecule has 0 aromatic rings. The molecular formula is C51H90O15. The van der Waals surface area contributed by atoms with Crippen molar-refractivity contribution in [2.24, 2.45) is 0 Å². The standard InChI is InChI=1S/C51H90O15/c1-3-5-7-9-11-13-15-17-19-21-23-25-27-29-31-33-42(53)61-36-39(64-43(54)34-32-30-28-26-24-22-20-18-16-14-12-10-8-6-4-2)37-62-50-49(60)47(58)45(56)41(66-50)38-63-51-48(59)46(57)44(55)40(35-52)65-51/h16,20-21,23,39-41,44-52,55-60H,3-15,17,19,22,24-38H2,1-2H3/b23-21+/t18?,39-,40-,41-,44+,45+,46?,47?,48?,49?,50-,51-/m1/s1. The first-order chi connectivity index (χ1) is 32.0. The van der Waals surface area contributed by atoms with Gasteiger partial charge in [-0.3, -0.25) is 9.59 Å². The quantitative estimate of drug-likeness (QED) is 0.0144. The second-order valence-corrected chi connectivity index (χ2v) is 18.1. The summed E-state index contributed by atoms with van der Waals surface area (Å²) in [7, 11) is 0. The van der Waals surface area contributed by atoms with Gasteiger partial charge in [-0.15, -0.1) is 5.73 Å². The Labute approximate surface area is 395 Å². The lowest BCUT2D eigenvalue weighted by Crippen LogP contribution is -2.61. The Bertz CT molecular complexity index is 1310. The van der Waals surface area contributed by atoms with E-state index in [2.05, 4.69) is 43.9 Å². The van der Waals surface area contributed by atoms with E-state index in [1.807, 2.05) is 0 Å². The van der Waals surface area contributed by atoms with Gasteiger partial charge in [0.1, 0.15) is 55.4 Å². The van der Waals surface area contributed by atoms with Crippen LogP contribution in [0, 0.1) is 0 Å². The van der Waals surface area contributed by atoms with Crippen molar-refractivity contribution in [1.29, 1.82) is 0 Å². The molecule has 7 N–H and O–H groups in total. The summed E-state index contributed by atoms with van der Waals surface area (Å²) in [5.41, 5.74) is 3.28. The Morgan fingerprint density at radius 2 is 0.955 bits per heavy atom. The van der Waals surface area contributed by atoms with Crippen LogP contribution in [0.1, 0.15) is 187 Å². The van der Waals surface area contributed by atoms with Crippen LogP contribution in [0.15, 0.2) is 30.0 Å². The molecule has 0 aromatic carbocycles. The molecule has 66 heavy (non-hydrogen) atoms. The number of esters is 2. The summed E-state index contributed by atoms with van der Waals surface area (Å²) in [4.78, 5) is 25.7. The number of carbonyl (C=O) groups excluding carboxylic acids is 2. The molecule has 11 atom stereocenters. The third-order valence-electron chi connectivity index (χ3n) is 12.2. The largest absolute Gasteiger partial charge is 0.462 e. The monoisotopic (exact) mass is 943 g/mol. The lowest BCUT2D eigenvalue weighted by atomic mass is 9.98. The van der Waals surface area contributed by atoms with E-state index in [9.17, 15) is 45.3 Å². The van der Waals surface area contributed by atoms with Gasteiger partial charge in [-0.2, -0.15) is 0 Å². The number of ether oxygens (including phenoxy) is 6. The molecule has 384 valence electrons. The van der Waals surface area contributed by atoms with Gasteiger partial charge in [0.05, 0.1) is 19.8 Å². The predicted octanol–water partition coefficient (Wildman–Crippen LogP) is 6.92. The number of rotatable bonds is 39. The number of aliphatic hydroxyl groups excluding tert-OH is 7. The summed E-state index contributed by atoms with van der Waals surface area (Å²) >= 11 is 0. The Hall–Kier alpha value is -2.24. The summed E-state index contributed by atoms with van der Waals surface area (Å²) < 4.78 is 33.5. The third-order valence-corrected chi connectivity index (χ3v) is 12.2. The van der Waals surface area contributed by atoms with Crippen LogP contribution in [0.4, 0.5) is 0 Å². The minimum Gasteiger partial charge on any atom is -0.462 e. The summed E-state index contributed by atoms with van der Waals surface area (Å²) in [6.45, 7) is 2.53.